The fraction of sp³-hybridized carbons (Fsp3) is 0.444. The zero-order valence-corrected chi connectivity index (χ0v) is 20.1. The highest BCUT2D eigenvalue weighted by Gasteiger charge is 2.29. The van der Waals surface area contributed by atoms with Crippen LogP contribution in [0.5, 0.6) is 0 Å². The third-order valence-electron chi connectivity index (χ3n) is 5.95. The van der Waals surface area contributed by atoms with E-state index in [-0.39, 0.29) is 36.8 Å². The summed E-state index contributed by atoms with van der Waals surface area (Å²) in [6, 6.07) is 16.3. The Morgan fingerprint density at radius 3 is 2.12 bits per heavy atom. The second-order valence-electron chi connectivity index (χ2n) is 9.96. The van der Waals surface area contributed by atoms with E-state index in [4.69, 9.17) is 4.74 Å². The minimum atomic E-state index is -0.910. The lowest BCUT2D eigenvalue weighted by atomic mass is 9.84. The summed E-state index contributed by atoms with van der Waals surface area (Å²) < 4.78 is 5.48. The van der Waals surface area contributed by atoms with Gasteiger partial charge in [0.2, 0.25) is 5.91 Å². The molecule has 182 valence electrons. The molecule has 0 saturated heterocycles. The molecule has 1 aliphatic rings. The van der Waals surface area contributed by atoms with Crippen molar-refractivity contribution >= 4 is 18.0 Å². The van der Waals surface area contributed by atoms with E-state index in [0.717, 1.165) is 11.1 Å². The third-order valence-corrected chi connectivity index (χ3v) is 5.95. The number of hydrogen-bond acceptors (Lipinski definition) is 4. The monoisotopic (exact) mass is 466 g/mol. The van der Waals surface area contributed by atoms with Crippen LogP contribution in [0.2, 0.25) is 0 Å². The van der Waals surface area contributed by atoms with Gasteiger partial charge in [0.15, 0.2) is 0 Å². The summed E-state index contributed by atoms with van der Waals surface area (Å²) in [4.78, 5) is 35.7. The first-order valence-corrected chi connectivity index (χ1v) is 11.7. The predicted molar refractivity (Wildman–Crippen MR) is 131 cm³/mol. The maximum Gasteiger partial charge on any atom is 0.407 e. The summed E-state index contributed by atoms with van der Waals surface area (Å²) in [6.07, 6.45) is 0.600. The summed E-state index contributed by atoms with van der Waals surface area (Å²) in [6.45, 7) is 6.56. The van der Waals surface area contributed by atoms with Crippen LogP contribution in [0.25, 0.3) is 11.1 Å². The molecule has 2 amide bonds. The van der Waals surface area contributed by atoms with Crippen LogP contribution in [0.3, 0.4) is 0 Å². The van der Waals surface area contributed by atoms with Gasteiger partial charge in [-0.2, -0.15) is 0 Å². The Kier molecular flexibility index (Phi) is 8.31. The Hall–Kier alpha value is -3.35. The normalized spacial score (nSPS) is 13.5. The first-order chi connectivity index (χ1) is 16.2. The van der Waals surface area contributed by atoms with Gasteiger partial charge in [-0.3, -0.25) is 9.59 Å². The van der Waals surface area contributed by atoms with Crippen molar-refractivity contribution in [1.29, 1.82) is 0 Å². The molecule has 1 atom stereocenters. The number of nitrogens with one attached hydrogen (secondary N) is 2. The van der Waals surface area contributed by atoms with Crippen LogP contribution in [-0.4, -0.2) is 42.8 Å². The van der Waals surface area contributed by atoms with E-state index in [9.17, 15) is 19.5 Å². The van der Waals surface area contributed by atoms with E-state index in [1.807, 2.05) is 45.0 Å². The van der Waals surface area contributed by atoms with Crippen molar-refractivity contribution in [2.75, 3.05) is 19.7 Å². The molecule has 7 nitrogen and oxygen atoms in total. The first kappa shape index (κ1) is 25.3. The van der Waals surface area contributed by atoms with Crippen LogP contribution in [0.4, 0.5) is 4.79 Å². The van der Waals surface area contributed by atoms with Crippen molar-refractivity contribution in [2.24, 2.45) is 11.3 Å². The van der Waals surface area contributed by atoms with E-state index in [2.05, 4.69) is 34.9 Å². The van der Waals surface area contributed by atoms with Crippen molar-refractivity contribution < 1.29 is 24.2 Å². The van der Waals surface area contributed by atoms with Gasteiger partial charge in [0.25, 0.3) is 0 Å². The molecule has 1 aliphatic carbocycles. The SMILES string of the molecule is CC(C)(C)CC(CNC(=O)CCCNC(=O)OCC1c2ccccc2-c2ccccc21)C(=O)O. The van der Waals surface area contributed by atoms with Gasteiger partial charge in [0.05, 0.1) is 5.92 Å². The number of benzene rings is 2. The summed E-state index contributed by atoms with van der Waals surface area (Å²) in [5.41, 5.74) is 4.51. The molecule has 34 heavy (non-hydrogen) atoms. The first-order valence-electron chi connectivity index (χ1n) is 11.7. The van der Waals surface area contributed by atoms with Gasteiger partial charge >= 0.3 is 12.1 Å². The van der Waals surface area contributed by atoms with E-state index in [0.29, 0.717) is 19.4 Å². The highest BCUT2D eigenvalue weighted by Crippen LogP contribution is 2.44. The van der Waals surface area contributed by atoms with E-state index in [1.54, 1.807) is 0 Å². The van der Waals surface area contributed by atoms with E-state index >= 15 is 0 Å². The van der Waals surface area contributed by atoms with Crippen molar-refractivity contribution in [3.63, 3.8) is 0 Å². The maximum atomic E-state index is 12.2. The molecule has 0 aliphatic heterocycles. The molecule has 1 unspecified atom stereocenters. The maximum absolute atomic E-state index is 12.2. The number of alkyl carbamates (subject to hydrolysis) is 1. The largest absolute Gasteiger partial charge is 0.481 e. The topological polar surface area (TPSA) is 105 Å². The minimum absolute atomic E-state index is 0.000734. The molecule has 0 bridgehead atoms. The average Bonchev–Trinajstić information content (AvgIpc) is 3.11. The molecule has 0 fully saturated rings. The van der Waals surface area contributed by atoms with Gasteiger partial charge in [-0.15, -0.1) is 0 Å². The second-order valence-corrected chi connectivity index (χ2v) is 9.96. The molecular weight excluding hydrogens is 432 g/mol. The molecule has 3 rings (SSSR count). The lowest BCUT2D eigenvalue weighted by molar-refractivity contribution is -0.142. The molecule has 2 aromatic rings. The molecule has 2 aromatic carbocycles. The summed E-state index contributed by atoms with van der Waals surface area (Å²) >= 11 is 0. The molecule has 0 heterocycles. The standard InChI is InChI=1S/C27H34N2O5/c1-27(2,3)15-18(25(31)32)16-29-24(30)13-8-14-28-26(33)34-17-23-21-11-6-4-9-19(21)20-10-5-7-12-22(20)23/h4-7,9-12,18,23H,8,13-17H2,1-3H3,(H,28,33)(H,29,30)(H,31,32). The van der Waals surface area contributed by atoms with Crippen molar-refractivity contribution in [1.82, 2.24) is 10.6 Å². The zero-order valence-electron chi connectivity index (χ0n) is 20.1. The number of hydrogen-bond donors (Lipinski definition) is 3. The summed E-state index contributed by atoms with van der Waals surface area (Å²) in [7, 11) is 0. The summed E-state index contributed by atoms with van der Waals surface area (Å²) in [5, 5.41) is 14.7. The minimum Gasteiger partial charge on any atom is -0.481 e. The second kappa shape index (κ2) is 11.2. The Morgan fingerprint density at radius 1 is 0.971 bits per heavy atom. The lowest BCUT2D eigenvalue weighted by Crippen LogP contribution is -2.35. The van der Waals surface area contributed by atoms with Gasteiger partial charge in [0.1, 0.15) is 6.61 Å². The van der Waals surface area contributed by atoms with Gasteiger partial charge in [-0.1, -0.05) is 69.3 Å². The van der Waals surface area contributed by atoms with Gasteiger partial charge in [0, 0.05) is 25.4 Å². The molecule has 0 saturated carbocycles. The number of carbonyl (C=O) groups is 3. The van der Waals surface area contributed by atoms with Crippen molar-refractivity contribution in [2.45, 2.75) is 46.0 Å². The number of carbonyl (C=O) groups excluding carboxylic acids is 2. The van der Waals surface area contributed by atoms with Crippen molar-refractivity contribution in [3.8, 4) is 11.1 Å². The Bertz CT molecular complexity index is 982. The zero-order chi connectivity index (χ0) is 24.7. The number of rotatable bonds is 10. The van der Waals surface area contributed by atoms with Crippen LogP contribution in [-0.2, 0) is 14.3 Å². The van der Waals surface area contributed by atoms with E-state index < -0.39 is 18.0 Å². The number of fused-ring (bicyclic) bond motifs is 3. The number of carboxylic acid groups (broad SMARTS) is 1. The third kappa shape index (κ3) is 6.83. The van der Waals surface area contributed by atoms with Crippen molar-refractivity contribution in [3.05, 3.63) is 59.7 Å². The molecule has 7 heteroatoms. The highest BCUT2D eigenvalue weighted by molar-refractivity contribution is 5.79. The smallest absolute Gasteiger partial charge is 0.407 e. The van der Waals surface area contributed by atoms with Gasteiger partial charge < -0.3 is 20.5 Å². The quantitative estimate of drug-likeness (QED) is 0.445. The predicted octanol–water partition coefficient (Wildman–Crippen LogP) is 4.56. The number of aliphatic carboxylic acids is 1. The fourth-order valence-electron chi connectivity index (χ4n) is 4.40. The number of ether oxygens (including phenoxy) is 1. The Labute approximate surface area is 200 Å². The molecule has 3 N–H and O–H groups in total. The molecule has 0 aromatic heterocycles. The van der Waals surface area contributed by atoms with Crippen LogP contribution >= 0.6 is 0 Å². The Morgan fingerprint density at radius 2 is 1.56 bits per heavy atom. The lowest BCUT2D eigenvalue weighted by Gasteiger charge is -2.23. The van der Waals surface area contributed by atoms with Crippen LogP contribution in [0.1, 0.15) is 57.1 Å². The van der Waals surface area contributed by atoms with Gasteiger partial charge in [-0.05, 0) is 40.5 Å². The number of amides is 2. The highest BCUT2D eigenvalue weighted by atomic mass is 16.5. The van der Waals surface area contributed by atoms with Crippen LogP contribution in [0.15, 0.2) is 48.5 Å². The van der Waals surface area contributed by atoms with Gasteiger partial charge in [-0.25, -0.2) is 4.79 Å². The van der Waals surface area contributed by atoms with Crippen LogP contribution in [0, 0.1) is 11.3 Å². The van der Waals surface area contributed by atoms with E-state index in [1.165, 1.54) is 11.1 Å². The summed E-state index contributed by atoms with van der Waals surface area (Å²) in [5.74, 6) is -1.76. The fourth-order valence-corrected chi connectivity index (χ4v) is 4.40. The molecule has 0 spiro atoms. The average molecular weight is 467 g/mol. The van der Waals surface area contributed by atoms with Crippen LogP contribution < -0.4 is 10.6 Å². The molecular formula is C27H34N2O5. The Balaban J connectivity index is 1.38. The number of carboxylic acids is 1. The molecule has 0 radical (unpaired) electrons.